The molecule has 4 nitrogen and oxygen atoms in total. The molecule has 0 radical (unpaired) electrons. The van der Waals surface area contributed by atoms with Crippen molar-refractivity contribution in [2.75, 3.05) is 30.9 Å². The number of amides is 1. The van der Waals surface area contributed by atoms with Gasteiger partial charge in [0.1, 0.15) is 0 Å². The van der Waals surface area contributed by atoms with Crippen LogP contribution >= 0.6 is 0 Å². The van der Waals surface area contributed by atoms with Crippen LogP contribution in [-0.2, 0) is 4.79 Å². The molecule has 0 fully saturated rings. The third-order valence-corrected chi connectivity index (χ3v) is 3.53. The topological polar surface area (TPSA) is 44.4 Å². The van der Waals surface area contributed by atoms with Crippen LogP contribution in [0.25, 0.3) is 0 Å². The molecule has 0 saturated heterocycles. The van der Waals surface area contributed by atoms with Gasteiger partial charge in [0.2, 0.25) is 5.91 Å². The number of carbonyl (C=O) groups is 1. The minimum Gasteiger partial charge on any atom is -0.377 e. The van der Waals surface area contributed by atoms with Crippen LogP contribution in [0.3, 0.4) is 0 Å². The second-order valence-corrected chi connectivity index (χ2v) is 5.85. The van der Waals surface area contributed by atoms with E-state index in [1.165, 1.54) is 5.56 Å². The van der Waals surface area contributed by atoms with Gasteiger partial charge in [0.15, 0.2) is 0 Å². The summed E-state index contributed by atoms with van der Waals surface area (Å²) < 4.78 is 0. The van der Waals surface area contributed by atoms with Crippen LogP contribution in [0.15, 0.2) is 18.2 Å². The second-order valence-electron chi connectivity index (χ2n) is 5.85. The zero-order valence-electron chi connectivity index (χ0n) is 13.4. The molecule has 0 aliphatic rings. The SMILES string of the molecule is Cc1ccc(NCC(=O)NC(C)C(C)C)cc1N(C)C. The van der Waals surface area contributed by atoms with E-state index in [-0.39, 0.29) is 11.9 Å². The summed E-state index contributed by atoms with van der Waals surface area (Å²) in [6.07, 6.45) is 0. The third-order valence-electron chi connectivity index (χ3n) is 3.53. The molecule has 0 saturated carbocycles. The highest BCUT2D eigenvalue weighted by atomic mass is 16.1. The molecule has 0 aliphatic heterocycles. The van der Waals surface area contributed by atoms with Crippen LogP contribution in [0.2, 0.25) is 0 Å². The van der Waals surface area contributed by atoms with Gasteiger partial charge in [0, 0.05) is 31.5 Å². The summed E-state index contributed by atoms with van der Waals surface area (Å²) in [5.74, 6) is 0.469. The molecule has 2 N–H and O–H groups in total. The predicted octanol–water partition coefficient (Wildman–Crippen LogP) is 2.63. The minimum atomic E-state index is 0.0261. The van der Waals surface area contributed by atoms with Gasteiger partial charge in [-0.2, -0.15) is 0 Å². The third kappa shape index (κ3) is 4.76. The van der Waals surface area contributed by atoms with E-state index in [2.05, 4.69) is 48.4 Å². The predicted molar refractivity (Wildman–Crippen MR) is 86.4 cm³/mol. The Kier molecular flexibility index (Phi) is 5.86. The van der Waals surface area contributed by atoms with Crippen molar-refractivity contribution < 1.29 is 4.79 Å². The van der Waals surface area contributed by atoms with Crippen LogP contribution < -0.4 is 15.5 Å². The molecule has 112 valence electrons. The zero-order chi connectivity index (χ0) is 15.3. The molecule has 1 amide bonds. The number of carbonyl (C=O) groups excluding carboxylic acids is 1. The van der Waals surface area contributed by atoms with Crippen molar-refractivity contribution in [3.63, 3.8) is 0 Å². The van der Waals surface area contributed by atoms with Gasteiger partial charge >= 0.3 is 0 Å². The molecular formula is C16H27N3O. The van der Waals surface area contributed by atoms with Gasteiger partial charge in [-0.3, -0.25) is 4.79 Å². The fourth-order valence-electron chi connectivity index (χ4n) is 1.86. The Morgan fingerprint density at radius 2 is 1.90 bits per heavy atom. The van der Waals surface area contributed by atoms with Crippen molar-refractivity contribution in [2.45, 2.75) is 33.7 Å². The molecule has 0 aromatic heterocycles. The van der Waals surface area contributed by atoms with Gasteiger partial charge in [-0.25, -0.2) is 0 Å². The van der Waals surface area contributed by atoms with E-state index in [4.69, 9.17) is 0 Å². The first kappa shape index (κ1) is 16.3. The lowest BCUT2D eigenvalue weighted by atomic mass is 10.1. The average Bonchev–Trinajstić information content (AvgIpc) is 2.37. The van der Waals surface area contributed by atoms with Gasteiger partial charge in [-0.1, -0.05) is 19.9 Å². The minimum absolute atomic E-state index is 0.0261. The molecule has 1 rings (SSSR count). The highest BCUT2D eigenvalue weighted by Gasteiger charge is 2.10. The fraction of sp³-hybridized carbons (Fsp3) is 0.562. The zero-order valence-corrected chi connectivity index (χ0v) is 13.4. The van der Waals surface area contributed by atoms with Gasteiger partial charge < -0.3 is 15.5 Å². The number of anilines is 2. The number of benzene rings is 1. The Labute approximate surface area is 122 Å². The number of nitrogens with one attached hydrogen (secondary N) is 2. The van der Waals surface area contributed by atoms with Crippen LogP contribution in [0.1, 0.15) is 26.3 Å². The summed E-state index contributed by atoms with van der Waals surface area (Å²) in [4.78, 5) is 13.9. The summed E-state index contributed by atoms with van der Waals surface area (Å²) in [5.41, 5.74) is 3.34. The lowest BCUT2D eigenvalue weighted by molar-refractivity contribution is -0.120. The second kappa shape index (κ2) is 7.17. The van der Waals surface area contributed by atoms with Gasteiger partial charge in [-0.05, 0) is 37.5 Å². The fourth-order valence-corrected chi connectivity index (χ4v) is 1.86. The van der Waals surface area contributed by atoms with E-state index in [9.17, 15) is 4.79 Å². The molecule has 0 spiro atoms. The number of aryl methyl sites for hydroxylation is 1. The van der Waals surface area contributed by atoms with Crippen molar-refractivity contribution in [2.24, 2.45) is 5.92 Å². The van der Waals surface area contributed by atoms with Crippen LogP contribution in [0.4, 0.5) is 11.4 Å². The quantitative estimate of drug-likeness (QED) is 0.840. The highest BCUT2D eigenvalue weighted by molar-refractivity contribution is 5.81. The maximum atomic E-state index is 11.8. The lowest BCUT2D eigenvalue weighted by Gasteiger charge is -2.19. The maximum absolute atomic E-state index is 11.8. The highest BCUT2D eigenvalue weighted by Crippen LogP contribution is 2.22. The monoisotopic (exact) mass is 277 g/mol. The first-order valence-corrected chi connectivity index (χ1v) is 7.12. The Morgan fingerprint density at radius 3 is 2.45 bits per heavy atom. The molecular weight excluding hydrogens is 250 g/mol. The lowest BCUT2D eigenvalue weighted by Crippen LogP contribution is -2.39. The molecule has 1 aromatic carbocycles. The summed E-state index contributed by atoms with van der Waals surface area (Å²) in [6.45, 7) is 8.60. The molecule has 0 heterocycles. The largest absolute Gasteiger partial charge is 0.377 e. The van der Waals surface area contributed by atoms with E-state index < -0.39 is 0 Å². The molecule has 1 aromatic rings. The van der Waals surface area contributed by atoms with E-state index in [0.29, 0.717) is 12.5 Å². The van der Waals surface area contributed by atoms with Crippen molar-refractivity contribution in [3.05, 3.63) is 23.8 Å². The number of hydrogen-bond donors (Lipinski definition) is 2. The van der Waals surface area contributed by atoms with E-state index in [1.54, 1.807) is 0 Å². The van der Waals surface area contributed by atoms with Crippen molar-refractivity contribution in [1.29, 1.82) is 0 Å². The normalized spacial score (nSPS) is 12.2. The Balaban J connectivity index is 2.58. The summed E-state index contributed by atoms with van der Waals surface area (Å²) in [6, 6.07) is 6.32. The summed E-state index contributed by atoms with van der Waals surface area (Å²) >= 11 is 0. The average molecular weight is 277 g/mol. The Hall–Kier alpha value is -1.71. The van der Waals surface area contributed by atoms with Gasteiger partial charge in [0.05, 0.1) is 6.54 Å². The van der Waals surface area contributed by atoms with Crippen molar-refractivity contribution in [3.8, 4) is 0 Å². The number of rotatable bonds is 6. The molecule has 20 heavy (non-hydrogen) atoms. The standard InChI is InChI=1S/C16H27N3O/c1-11(2)13(4)18-16(20)10-17-14-8-7-12(3)15(9-14)19(5)6/h7-9,11,13,17H,10H2,1-6H3,(H,18,20). The van der Waals surface area contributed by atoms with E-state index >= 15 is 0 Å². The van der Waals surface area contributed by atoms with Crippen LogP contribution in [0, 0.1) is 12.8 Å². The Bertz CT molecular complexity index is 455. The molecule has 1 atom stereocenters. The summed E-state index contributed by atoms with van der Waals surface area (Å²) in [7, 11) is 4.03. The van der Waals surface area contributed by atoms with E-state index in [0.717, 1.165) is 11.4 Å². The van der Waals surface area contributed by atoms with Gasteiger partial charge in [-0.15, -0.1) is 0 Å². The first-order valence-electron chi connectivity index (χ1n) is 7.12. The molecule has 0 bridgehead atoms. The van der Waals surface area contributed by atoms with Gasteiger partial charge in [0.25, 0.3) is 0 Å². The molecule has 4 heteroatoms. The first-order chi connectivity index (χ1) is 9.31. The maximum Gasteiger partial charge on any atom is 0.239 e. The Morgan fingerprint density at radius 1 is 1.25 bits per heavy atom. The number of hydrogen-bond acceptors (Lipinski definition) is 3. The number of nitrogens with zero attached hydrogens (tertiary/aromatic N) is 1. The molecule has 1 unspecified atom stereocenters. The van der Waals surface area contributed by atoms with E-state index in [1.807, 2.05) is 27.1 Å². The summed E-state index contributed by atoms with van der Waals surface area (Å²) in [5, 5.41) is 6.16. The van der Waals surface area contributed by atoms with Crippen LogP contribution in [-0.4, -0.2) is 32.6 Å². The van der Waals surface area contributed by atoms with Crippen molar-refractivity contribution >= 4 is 17.3 Å². The molecule has 0 aliphatic carbocycles. The van der Waals surface area contributed by atoms with Crippen molar-refractivity contribution in [1.82, 2.24) is 5.32 Å². The smallest absolute Gasteiger partial charge is 0.239 e. The van der Waals surface area contributed by atoms with Crippen LogP contribution in [0.5, 0.6) is 0 Å².